The Morgan fingerprint density at radius 1 is 1.18 bits per heavy atom. The number of terminal acetylenes is 1. The summed E-state index contributed by atoms with van der Waals surface area (Å²) in [7, 11) is -4.12. The number of amides is 3. The van der Waals surface area contributed by atoms with Gasteiger partial charge in [-0.05, 0) is 42.7 Å². The summed E-state index contributed by atoms with van der Waals surface area (Å²) in [5.74, 6) is 1.43. The number of ether oxygens (including phenoxy) is 1. The zero-order chi connectivity index (χ0) is 24.5. The monoisotopic (exact) mass is 482 g/mol. The molecule has 10 heteroatoms. The van der Waals surface area contributed by atoms with Crippen LogP contribution in [0, 0.1) is 19.3 Å². The summed E-state index contributed by atoms with van der Waals surface area (Å²) in [6.07, 6.45) is 3.36. The van der Waals surface area contributed by atoms with Crippen LogP contribution in [0.25, 0.3) is 0 Å². The second-order valence-electron chi connectivity index (χ2n) is 8.07. The maximum absolute atomic E-state index is 12.7. The lowest BCUT2D eigenvalue weighted by Gasteiger charge is -2.27. The van der Waals surface area contributed by atoms with E-state index in [4.69, 9.17) is 15.3 Å². The van der Waals surface area contributed by atoms with E-state index in [1.807, 2.05) is 6.92 Å². The van der Waals surface area contributed by atoms with Gasteiger partial charge in [-0.1, -0.05) is 41.8 Å². The van der Waals surface area contributed by atoms with Crippen molar-refractivity contribution < 1.29 is 31.7 Å². The Hall–Kier alpha value is -3.68. The zero-order valence-corrected chi connectivity index (χ0v) is 19.1. The lowest BCUT2D eigenvalue weighted by atomic mass is 10.0. The van der Waals surface area contributed by atoms with Crippen molar-refractivity contribution in [3.05, 3.63) is 65.2 Å². The molecule has 0 aliphatic carbocycles. The molecule has 0 spiro atoms. The second kappa shape index (κ2) is 9.29. The van der Waals surface area contributed by atoms with Gasteiger partial charge in [0.15, 0.2) is 6.10 Å². The number of piperidine rings is 1. The van der Waals surface area contributed by atoms with Gasteiger partial charge in [0.2, 0.25) is 11.8 Å². The minimum absolute atomic E-state index is 0.0147. The SMILES string of the molecule is C#CC(OS(=O)(=O)c1ccc(C)cc1)c1cccc([C@H]2CN([C@H]3CCC(=O)NC3=O)C(=O)O2)c1. The highest BCUT2D eigenvalue weighted by Gasteiger charge is 2.42. The summed E-state index contributed by atoms with van der Waals surface area (Å²) < 4.78 is 36.1. The van der Waals surface area contributed by atoms with Gasteiger partial charge in [0.1, 0.15) is 12.1 Å². The van der Waals surface area contributed by atoms with Crippen molar-refractivity contribution in [1.29, 1.82) is 0 Å². The van der Waals surface area contributed by atoms with Gasteiger partial charge >= 0.3 is 6.09 Å². The zero-order valence-electron chi connectivity index (χ0n) is 18.3. The number of nitrogens with one attached hydrogen (secondary N) is 1. The fourth-order valence-electron chi connectivity index (χ4n) is 3.88. The Kier molecular flexibility index (Phi) is 6.41. The largest absolute Gasteiger partial charge is 0.439 e. The standard InChI is InChI=1S/C24H22N2O7S/c1-3-20(33-34(30,31)18-9-7-15(2)8-10-18)16-5-4-6-17(13-16)21-14-26(24(29)32-21)19-11-12-22(27)25-23(19)28/h1,4-10,13,19-21H,11-12,14H2,2H3,(H,25,27,28)/t19-,20?,21+/m0/s1. The maximum Gasteiger partial charge on any atom is 0.411 e. The van der Waals surface area contributed by atoms with E-state index < -0.39 is 40.4 Å². The molecule has 34 heavy (non-hydrogen) atoms. The average Bonchev–Trinajstić information content (AvgIpc) is 3.19. The van der Waals surface area contributed by atoms with Gasteiger partial charge in [0, 0.05) is 6.42 Å². The van der Waals surface area contributed by atoms with Crippen LogP contribution in [-0.2, 0) is 28.6 Å². The first kappa shape index (κ1) is 23.5. The molecule has 2 aromatic carbocycles. The van der Waals surface area contributed by atoms with Crippen molar-refractivity contribution in [2.45, 2.75) is 42.9 Å². The van der Waals surface area contributed by atoms with Gasteiger partial charge < -0.3 is 4.74 Å². The molecule has 2 aliphatic rings. The summed E-state index contributed by atoms with van der Waals surface area (Å²) in [5, 5.41) is 2.23. The summed E-state index contributed by atoms with van der Waals surface area (Å²) >= 11 is 0. The van der Waals surface area contributed by atoms with Crippen molar-refractivity contribution in [2.24, 2.45) is 0 Å². The molecule has 2 aromatic rings. The first-order valence-electron chi connectivity index (χ1n) is 10.5. The van der Waals surface area contributed by atoms with Gasteiger partial charge in [0.05, 0.1) is 11.4 Å². The fraction of sp³-hybridized carbons (Fsp3) is 0.292. The Bertz CT molecular complexity index is 1280. The number of imide groups is 1. The quantitative estimate of drug-likeness (QED) is 0.381. The molecule has 1 unspecified atom stereocenters. The van der Waals surface area contributed by atoms with Crippen molar-refractivity contribution >= 4 is 28.0 Å². The van der Waals surface area contributed by atoms with Crippen LogP contribution in [0.1, 0.15) is 41.7 Å². The van der Waals surface area contributed by atoms with Gasteiger partial charge in [-0.3, -0.25) is 19.8 Å². The Labute approximate surface area is 197 Å². The number of aryl methyl sites for hydroxylation is 1. The van der Waals surface area contributed by atoms with Crippen LogP contribution in [0.3, 0.4) is 0 Å². The van der Waals surface area contributed by atoms with Crippen LogP contribution in [0.4, 0.5) is 4.79 Å². The molecule has 3 atom stereocenters. The van der Waals surface area contributed by atoms with E-state index in [1.54, 1.807) is 36.4 Å². The van der Waals surface area contributed by atoms with Gasteiger partial charge in [-0.25, -0.2) is 8.98 Å². The summed E-state index contributed by atoms with van der Waals surface area (Å²) in [6.45, 7) is 1.93. The molecule has 2 saturated heterocycles. The smallest absolute Gasteiger partial charge is 0.411 e. The van der Waals surface area contributed by atoms with Crippen molar-refractivity contribution in [3.8, 4) is 12.3 Å². The minimum Gasteiger partial charge on any atom is -0.439 e. The Morgan fingerprint density at radius 2 is 1.91 bits per heavy atom. The van der Waals surface area contributed by atoms with Crippen molar-refractivity contribution in [1.82, 2.24) is 10.2 Å². The topological polar surface area (TPSA) is 119 Å². The molecule has 2 fully saturated rings. The number of hydrogen-bond donors (Lipinski definition) is 1. The van der Waals surface area contributed by atoms with Gasteiger partial charge in [-0.2, -0.15) is 8.42 Å². The number of carbonyl (C=O) groups excluding carboxylic acids is 3. The van der Waals surface area contributed by atoms with E-state index in [1.165, 1.54) is 17.0 Å². The molecular weight excluding hydrogens is 460 g/mol. The number of benzene rings is 2. The van der Waals surface area contributed by atoms with Crippen LogP contribution in [0.2, 0.25) is 0 Å². The minimum atomic E-state index is -4.12. The predicted octanol–water partition coefficient (Wildman–Crippen LogP) is 2.37. The number of carbonyl (C=O) groups is 3. The average molecular weight is 483 g/mol. The Morgan fingerprint density at radius 3 is 2.59 bits per heavy atom. The second-order valence-corrected chi connectivity index (χ2v) is 9.64. The molecule has 0 aromatic heterocycles. The summed E-state index contributed by atoms with van der Waals surface area (Å²) in [5.41, 5.74) is 1.86. The van der Waals surface area contributed by atoms with Crippen LogP contribution in [0.15, 0.2) is 53.4 Å². The van der Waals surface area contributed by atoms with E-state index in [-0.39, 0.29) is 30.2 Å². The summed E-state index contributed by atoms with van der Waals surface area (Å²) in [4.78, 5) is 37.3. The third-order valence-corrected chi connectivity index (χ3v) is 6.99. The normalized spacial score (nSPS) is 21.5. The van der Waals surface area contributed by atoms with Crippen LogP contribution in [-0.4, -0.2) is 43.8 Å². The van der Waals surface area contributed by atoms with E-state index in [9.17, 15) is 22.8 Å². The molecule has 2 aliphatic heterocycles. The molecular formula is C24H22N2O7S. The number of rotatable bonds is 6. The van der Waals surface area contributed by atoms with Gasteiger partial charge in [-0.15, -0.1) is 6.42 Å². The highest BCUT2D eigenvalue weighted by atomic mass is 32.2. The van der Waals surface area contributed by atoms with Crippen LogP contribution < -0.4 is 5.32 Å². The maximum atomic E-state index is 12.7. The van der Waals surface area contributed by atoms with Crippen LogP contribution >= 0.6 is 0 Å². The van der Waals surface area contributed by atoms with Crippen molar-refractivity contribution in [2.75, 3.05) is 6.54 Å². The molecule has 4 rings (SSSR count). The Balaban J connectivity index is 1.51. The predicted molar refractivity (Wildman–Crippen MR) is 120 cm³/mol. The lowest BCUT2D eigenvalue weighted by Crippen LogP contribution is -2.52. The molecule has 0 radical (unpaired) electrons. The fourth-order valence-corrected chi connectivity index (χ4v) is 4.88. The molecule has 1 N–H and O–H groups in total. The third-order valence-electron chi connectivity index (χ3n) is 5.70. The molecule has 176 valence electrons. The number of hydrogen-bond acceptors (Lipinski definition) is 7. The molecule has 9 nitrogen and oxygen atoms in total. The highest BCUT2D eigenvalue weighted by Crippen LogP contribution is 2.32. The van der Waals surface area contributed by atoms with Crippen LogP contribution in [0.5, 0.6) is 0 Å². The number of cyclic esters (lactones) is 1. The lowest BCUT2D eigenvalue weighted by molar-refractivity contribution is -0.136. The molecule has 3 amide bonds. The third kappa shape index (κ3) is 4.81. The van der Waals surface area contributed by atoms with Gasteiger partial charge in [0.25, 0.3) is 10.1 Å². The van der Waals surface area contributed by atoms with Crippen molar-refractivity contribution in [3.63, 3.8) is 0 Å². The van der Waals surface area contributed by atoms with E-state index in [2.05, 4.69) is 11.2 Å². The van der Waals surface area contributed by atoms with E-state index >= 15 is 0 Å². The highest BCUT2D eigenvalue weighted by molar-refractivity contribution is 7.86. The molecule has 0 bridgehead atoms. The first-order valence-corrected chi connectivity index (χ1v) is 12.0. The van der Waals surface area contributed by atoms with E-state index in [0.717, 1.165) is 5.56 Å². The molecule has 2 heterocycles. The summed E-state index contributed by atoms with van der Waals surface area (Å²) in [6, 6.07) is 12.0. The first-order chi connectivity index (χ1) is 16.2. The molecule has 0 saturated carbocycles. The van der Waals surface area contributed by atoms with E-state index in [0.29, 0.717) is 11.1 Å². The number of nitrogens with zero attached hydrogens (tertiary/aromatic N) is 1.